The van der Waals surface area contributed by atoms with Crippen LogP contribution in [0.1, 0.15) is 24.2 Å². The third kappa shape index (κ3) is 4.75. The van der Waals surface area contributed by atoms with Gasteiger partial charge in [-0.2, -0.15) is 0 Å². The lowest BCUT2D eigenvalue weighted by molar-refractivity contribution is -0.111. The zero-order valence-electron chi connectivity index (χ0n) is 17.5. The van der Waals surface area contributed by atoms with Gasteiger partial charge in [-0.1, -0.05) is 23.7 Å². The molecule has 0 saturated carbocycles. The quantitative estimate of drug-likeness (QED) is 0.537. The second-order valence-electron chi connectivity index (χ2n) is 7.33. The topological polar surface area (TPSA) is 65.4 Å². The molecule has 2 aromatic carbocycles. The van der Waals surface area contributed by atoms with E-state index in [4.69, 9.17) is 26.1 Å². The molecule has 6 nitrogen and oxygen atoms in total. The SMILES string of the molecule is COc1cc(/C=C/C(=O)Nc2cccc(-c3cn4c(n3)CCCC4)c2)cc(Cl)c1OC. The van der Waals surface area contributed by atoms with Crippen LogP contribution in [0, 0.1) is 0 Å². The number of nitrogens with one attached hydrogen (secondary N) is 1. The van der Waals surface area contributed by atoms with Gasteiger partial charge in [-0.05, 0) is 48.7 Å². The fourth-order valence-electron chi connectivity index (χ4n) is 3.70. The number of imidazole rings is 1. The summed E-state index contributed by atoms with van der Waals surface area (Å²) >= 11 is 6.22. The molecule has 1 amide bonds. The Bertz CT molecular complexity index is 1110. The van der Waals surface area contributed by atoms with Gasteiger partial charge < -0.3 is 19.4 Å². The van der Waals surface area contributed by atoms with Crippen LogP contribution >= 0.6 is 11.6 Å². The molecule has 31 heavy (non-hydrogen) atoms. The van der Waals surface area contributed by atoms with Gasteiger partial charge in [-0.15, -0.1) is 0 Å². The highest BCUT2D eigenvalue weighted by atomic mass is 35.5. The number of amides is 1. The number of fused-ring (bicyclic) bond motifs is 1. The first-order valence-electron chi connectivity index (χ1n) is 10.1. The van der Waals surface area contributed by atoms with Crippen molar-refractivity contribution in [3.05, 3.63) is 65.1 Å². The number of rotatable bonds is 6. The molecule has 1 N–H and O–H groups in total. The molecule has 7 heteroatoms. The molecule has 0 spiro atoms. The van der Waals surface area contributed by atoms with Crippen molar-refractivity contribution in [2.75, 3.05) is 19.5 Å². The highest BCUT2D eigenvalue weighted by Gasteiger charge is 2.14. The molecule has 3 aromatic rings. The zero-order valence-corrected chi connectivity index (χ0v) is 18.3. The second kappa shape index (κ2) is 9.27. The molecule has 160 valence electrons. The van der Waals surface area contributed by atoms with Crippen LogP contribution in [0.2, 0.25) is 5.02 Å². The van der Waals surface area contributed by atoms with Crippen LogP contribution in [0.5, 0.6) is 11.5 Å². The Hall–Kier alpha value is -3.25. The first-order chi connectivity index (χ1) is 15.1. The molecular weight excluding hydrogens is 414 g/mol. The van der Waals surface area contributed by atoms with E-state index in [-0.39, 0.29) is 5.91 Å². The number of anilines is 1. The first-order valence-corrected chi connectivity index (χ1v) is 10.5. The number of nitrogens with zero attached hydrogens (tertiary/aromatic N) is 2. The summed E-state index contributed by atoms with van der Waals surface area (Å²) < 4.78 is 12.8. The standard InChI is InChI=1S/C24H24ClN3O3/c1-30-21-13-16(12-19(25)24(21)31-2)9-10-23(29)26-18-7-5-6-17(14-18)20-15-28-11-4-3-8-22(28)27-20/h5-7,9-10,12-15H,3-4,8,11H2,1-2H3,(H,26,29)/b10-9+. The number of methoxy groups -OCH3 is 2. The Kier molecular flexibility index (Phi) is 6.28. The molecule has 1 aromatic heterocycles. The molecule has 0 aliphatic carbocycles. The van der Waals surface area contributed by atoms with Crippen molar-refractivity contribution in [1.29, 1.82) is 0 Å². The van der Waals surface area contributed by atoms with Crippen molar-refractivity contribution < 1.29 is 14.3 Å². The van der Waals surface area contributed by atoms with E-state index in [9.17, 15) is 4.79 Å². The summed E-state index contributed by atoms with van der Waals surface area (Å²) in [6, 6.07) is 11.2. The third-order valence-electron chi connectivity index (χ3n) is 5.22. The van der Waals surface area contributed by atoms with Gasteiger partial charge in [0.2, 0.25) is 5.91 Å². The Labute approximate surface area is 186 Å². The van der Waals surface area contributed by atoms with Crippen LogP contribution in [-0.4, -0.2) is 29.7 Å². The minimum Gasteiger partial charge on any atom is -0.493 e. The normalized spacial score (nSPS) is 13.1. The van der Waals surface area contributed by atoms with Crippen molar-refractivity contribution in [2.24, 2.45) is 0 Å². The van der Waals surface area contributed by atoms with E-state index in [1.54, 1.807) is 18.2 Å². The smallest absolute Gasteiger partial charge is 0.248 e. The van der Waals surface area contributed by atoms with Crippen molar-refractivity contribution >= 4 is 29.3 Å². The van der Waals surface area contributed by atoms with Gasteiger partial charge in [-0.3, -0.25) is 4.79 Å². The van der Waals surface area contributed by atoms with Crippen molar-refractivity contribution in [3.8, 4) is 22.8 Å². The number of ether oxygens (including phenoxy) is 2. The monoisotopic (exact) mass is 437 g/mol. The van der Waals surface area contributed by atoms with E-state index in [1.807, 2.05) is 24.3 Å². The molecule has 0 unspecified atom stereocenters. The van der Waals surface area contributed by atoms with Gasteiger partial charge in [-0.25, -0.2) is 4.98 Å². The number of carbonyl (C=O) groups excluding carboxylic acids is 1. The van der Waals surface area contributed by atoms with Crippen LogP contribution in [-0.2, 0) is 17.8 Å². The third-order valence-corrected chi connectivity index (χ3v) is 5.50. The van der Waals surface area contributed by atoms with Crippen LogP contribution in [0.4, 0.5) is 5.69 Å². The predicted molar refractivity (Wildman–Crippen MR) is 123 cm³/mol. The molecular formula is C24H24ClN3O3. The summed E-state index contributed by atoms with van der Waals surface area (Å²) in [6.07, 6.45) is 8.62. The zero-order chi connectivity index (χ0) is 21.8. The molecule has 1 aliphatic rings. The van der Waals surface area contributed by atoms with Crippen molar-refractivity contribution in [2.45, 2.75) is 25.8 Å². The summed E-state index contributed by atoms with van der Waals surface area (Å²) in [5.74, 6) is 1.86. The van der Waals surface area contributed by atoms with Crippen LogP contribution in [0.3, 0.4) is 0 Å². The molecule has 1 aliphatic heterocycles. The number of hydrogen-bond acceptors (Lipinski definition) is 4. The first kappa shape index (κ1) is 21.0. The lowest BCUT2D eigenvalue weighted by Gasteiger charge is -2.11. The Balaban J connectivity index is 1.47. The van der Waals surface area contributed by atoms with Crippen molar-refractivity contribution in [1.82, 2.24) is 9.55 Å². The van der Waals surface area contributed by atoms with E-state index in [0.29, 0.717) is 22.2 Å². The Morgan fingerprint density at radius 2 is 2.06 bits per heavy atom. The average molecular weight is 438 g/mol. The van der Waals surface area contributed by atoms with Gasteiger partial charge in [0.1, 0.15) is 5.82 Å². The van der Waals surface area contributed by atoms with E-state index in [0.717, 1.165) is 35.6 Å². The Morgan fingerprint density at radius 3 is 2.84 bits per heavy atom. The number of carbonyl (C=O) groups is 1. The van der Waals surface area contributed by atoms with Crippen LogP contribution in [0.15, 0.2) is 48.7 Å². The number of aromatic nitrogens is 2. The largest absolute Gasteiger partial charge is 0.493 e. The average Bonchev–Trinajstić information content (AvgIpc) is 3.22. The molecule has 0 fully saturated rings. The number of hydrogen-bond donors (Lipinski definition) is 1. The summed E-state index contributed by atoms with van der Waals surface area (Å²) in [5, 5.41) is 3.31. The molecule has 0 radical (unpaired) electrons. The number of aryl methyl sites for hydroxylation is 2. The summed E-state index contributed by atoms with van der Waals surface area (Å²) in [7, 11) is 3.07. The maximum atomic E-state index is 12.4. The van der Waals surface area contributed by atoms with Crippen molar-refractivity contribution in [3.63, 3.8) is 0 Å². The second-order valence-corrected chi connectivity index (χ2v) is 7.74. The van der Waals surface area contributed by atoms with E-state index in [2.05, 4.69) is 16.1 Å². The summed E-state index contributed by atoms with van der Waals surface area (Å²) in [4.78, 5) is 17.2. The van der Waals surface area contributed by atoms with Gasteiger partial charge in [0.05, 0.1) is 24.9 Å². The highest BCUT2D eigenvalue weighted by Crippen LogP contribution is 2.36. The van der Waals surface area contributed by atoms with Crippen LogP contribution in [0.25, 0.3) is 17.3 Å². The van der Waals surface area contributed by atoms with Gasteiger partial charge >= 0.3 is 0 Å². The van der Waals surface area contributed by atoms with E-state index >= 15 is 0 Å². The van der Waals surface area contributed by atoms with Gasteiger partial charge in [0.15, 0.2) is 11.5 Å². The molecule has 2 heterocycles. The fraction of sp³-hybridized carbons (Fsp3) is 0.250. The summed E-state index contributed by atoms with van der Waals surface area (Å²) in [6.45, 7) is 1.02. The molecule has 0 atom stereocenters. The number of halogens is 1. The lowest BCUT2D eigenvalue weighted by Crippen LogP contribution is -2.08. The molecule has 0 saturated heterocycles. The maximum absolute atomic E-state index is 12.4. The molecule has 4 rings (SSSR count). The maximum Gasteiger partial charge on any atom is 0.248 e. The number of benzene rings is 2. The lowest BCUT2D eigenvalue weighted by atomic mass is 10.1. The molecule has 0 bridgehead atoms. The van der Waals surface area contributed by atoms with Gasteiger partial charge in [0.25, 0.3) is 0 Å². The minimum atomic E-state index is -0.243. The fourth-order valence-corrected chi connectivity index (χ4v) is 3.99. The predicted octanol–water partition coefficient (Wildman–Crippen LogP) is 5.21. The Morgan fingerprint density at radius 1 is 1.19 bits per heavy atom. The minimum absolute atomic E-state index is 0.243. The van der Waals surface area contributed by atoms with Crippen LogP contribution < -0.4 is 14.8 Å². The highest BCUT2D eigenvalue weighted by molar-refractivity contribution is 6.32. The van der Waals surface area contributed by atoms with E-state index in [1.165, 1.54) is 33.1 Å². The van der Waals surface area contributed by atoms with Gasteiger partial charge in [0, 0.05) is 36.5 Å². The van der Waals surface area contributed by atoms with E-state index < -0.39 is 0 Å². The summed E-state index contributed by atoms with van der Waals surface area (Å²) in [5.41, 5.74) is 3.36.